The Balaban J connectivity index is 1.20. The van der Waals surface area contributed by atoms with Gasteiger partial charge in [0, 0.05) is 22.0 Å². The van der Waals surface area contributed by atoms with Crippen molar-refractivity contribution in [2.24, 2.45) is 0 Å². The van der Waals surface area contributed by atoms with E-state index in [0.717, 1.165) is 59.4 Å². The number of hydrogen-bond acceptors (Lipinski definition) is 6. The van der Waals surface area contributed by atoms with E-state index in [-0.39, 0.29) is 0 Å². The highest BCUT2D eigenvalue weighted by Gasteiger charge is 2.46. The van der Waals surface area contributed by atoms with Crippen LogP contribution >= 0.6 is 23.5 Å². The fourth-order valence-electron chi connectivity index (χ4n) is 8.36. The van der Waals surface area contributed by atoms with Gasteiger partial charge in [-0.2, -0.15) is 23.5 Å². The zero-order chi connectivity index (χ0) is 35.5. The summed E-state index contributed by atoms with van der Waals surface area (Å²) >= 11 is 4.02. The number of ether oxygens (including phenoxy) is 4. The Kier molecular flexibility index (Phi) is 11.4. The van der Waals surface area contributed by atoms with Crippen LogP contribution in [0.15, 0.2) is 72.8 Å². The van der Waals surface area contributed by atoms with Crippen molar-refractivity contribution in [3.63, 3.8) is 0 Å². The quantitative estimate of drug-likeness (QED) is 0.0662. The van der Waals surface area contributed by atoms with Gasteiger partial charge in [0.25, 0.3) is 0 Å². The van der Waals surface area contributed by atoms with Crippen molar-refractivity contribution in [3.05, 3.63) is 117 Å². The van der Waals surface area contributed by atoms with Crippen LogP contribution in [0.3, 0.4) is 0 Å². The highest BCUT2D eigenvalue weighted by atomic mass is 32.2. The van der Waals surface area contributed by atoms with Crippen LogP contribution in [-0.2, 0) is 14.9 Å². The first kappa shape index (κ1) is 36.5. The Morgan fingerprint density at radius 2 is 0.961 bits per heavy atom. The maximum atomic E-state index is 6.48. The fourth-order valence-corrected chi connectivity index (χ4v) is 9.87. The van der Waals surface area contributed by atoms with E-state index in [1.807, 2.05) is 23.5 Å². The molecular weight excluding hydrogens is 669 g/mol. The molecule has 4 nitrogen and oxygen atoms in total. The highest BCUT2D eigenvalue weighted by Crippen LogP contribution is 2.57. The molecule has 2 fully saturated rings. The number of fused-ring (bicyclic) bond motifs is 3. The van der Waals surface area contributed by atoms with E-state index in [1.54, 1.807) is 0 Å². The van der Waals surface area contributed by atoms with Gasteiger partial charge in [-0.3, -0.25) is 0 Å². The SMILES string of the molecule is CCCC(OCCOc1c(C)cc(C2(c3cc(C)c(OCCOC(CCC)C4CS4)c(C)c3)c3ccccc3-c3ccccc32)cc1C)C1CS1. The fraction of sp³-hybridized carbons (Fsp3) is 0.467. The summed E-state index contributed by atoms with van der Waals surface area (Å²) in [5.41, 5.74) is 11.8. The van der Waals surface area contributed by atoms with E-state index >= 15 is 0 Å². The second kappa shape index (κ2) is 16.0. The average Bonchev–Trinajstić information content (AvgIpc) is 4.06. The summed E-state index contributed by atoms with van der Waals surface area (Å²) in [6.07, 6.45) is 5.23. The molecule has 0 aromatic heterocycles. The number of rotatable bonds is 18. The molecule has 270 valence electrons. The third-order valence-electron chi connectivity index (χ3n) is 10.8. The summed E-state index contributed by atoms with van der Waals surface area (Å²) in [6.45, 7) is 15.6. The summed E-state index contributed by atoms with van der Waals surface area (Å²) in [5, 5.41) is 1.33. The van der Waals surface area contributed by atoms with E-state index in [9.17, 15) is 0 Å². The third kappa shape index (κ3) is 7.49. The van der Waals surface area contributed by atoms with Crippen LogP contribution in [-0.4, -0.2) is 60.6 Å². The number of benzene rings is 4. The van der Waals surface area contributed by atoms with E-state index in [1.165, 1.54) is 44.9 Å². The number of hydrogen-bond donors (Lipinski definition) is 0. The number of thioether (sulfide) groups is 2. The van der Waals surface area contributed by atoms with Gasteiger partial charge in [-0.15, -0.1) is 0 Å². The molecular formula is C45H54O4S2. The van der Waals surface area contributed by atoms with Crippen LogP contribution in [0.4, 0.5) is 0 Å². The molecule has 51 heavy (non-hydrogen) atoms. The van der Waals surface area contributed by atoms with Crippen molar-refractivity contribution >= 4 is 23.5 Å². The molecule has 0 bridgehead atoms. The topological polar surface area (TPSA) is 36.9 Å². The summed E-state index contributed by atoms with van der Waals surface area (Å²) in [6, 6.07) is 27.4. The molecule has 6 heteroatoms. The zero-order valence-electron chi connectivity index (χ0n) is 31.3. The van der Waals surface area contributed by atoms with Crippen molar-refractivity contribution in [3.8, 4) is 22.6 Å². The minimum absolute atomic E-state index is 0.345. The summed E-state index contributed by atoms with van der Waals surface area (Å²) < 4.78 is 25.5. The van der Waals surface area contributed by atoms with Gasteiger partial charge in [-0.05, 0) is 96.2 Å². The van der Waals surface area contributed by atoms with Crippen LogP contribution in [0, 0.1) is 27.7 Å². The van der Waals surface area contributed by atoms with Crippen molar-refractivity contribution < 1.29 is 18.9 Å². The monoisotopic (exact) mass is 722 g/mol. The van der Waals surface area contributed by atoms with Gasteiger partial charge in [-0.1, -0.05) is 99.5 Å². The largest absolute Gasteiger partial charge is 0.491 e. The second-order valence-electron chi connectivity index (χ2n) is 14.6. The van der Waals surface area contributed by atoms with Crippen molar-refractivity contribution in [2.45, 2.75) is 95.3 Å². The molecule has 0 N–H and O–H groups in total. The van der Waals surface area contributed by atoms with Crippen molar-refractivity contribution in [1.29, 1.82) is 0 Å². The van der Waals surface area contributed by atoms with Crippen LogP contribution in [0.25, 0.3) is 11.1 Å². The molecule has 7 rings (SSSR count). The van der Waals surface area contributed by atoms with Gasteiger partial charge < -0.3 is 18.9 Å². The first-order valence-electron chi connectivity index (χ1n) is 19.0. The lowest BCUT2D eigenvalue weighted by Gasteiger charge is -2.35. The van der Waals surface area contributed by atoms with Gasteiger partial charge in [-0.25, -0.2) is 0 Å². The first-order valence-corrected chi connectivity index (χ1v) is 21.1. The normalized spacial score (nSPS) is 19.3. The Morgan fingerprint density at radius 1 is 0.588 bits per heavy atom. The molecule has 0 radical (unpaired) electrons. The van der Waals surface area contributed by atoms with Crippen LogP contribution < -0.4 is 9.47 Å². The minimum Gasteiger partial charge on any atom is -0.491 e. The predicted molar refractivity (Wildman–Crippen MR) is 215 cm³/mol. The van der Waals surface area contributed by atoms with Gasteiger partial charge in [0.15, 0.2) is 0 Å². The maximum Gasteiger partial charge on any atom is 0.125 e. The van der Waals surface area contributed by atoms with Crippen LogP contribution in [0.5, 0.6) is 11.5 Å². The van der Waals surface area contributed by atoms with E-state index in [4.69, 9.17) is 18.9 Å². The molecule has 3 aliphatic rings. The summed E-state index contributed by atoms with van der Waals surface area (Å²) in [4.78, 5) is 0. The van der Waals surface area contributed by atoms with Crippen molar-refractivity contribution in [2.75, 3.05) is 37.9 Å². The summed E-state index contributed by atoms with van der Waals surface area (Å²) in [7, 11) is 0. The lowest BCUT2D eigenvalue weighted by atomic mass is 9.66. The summed E-state index contributed by atoms with van der Waals surface area (Å²) in [5.74, 6) is 4.37. The molecule has 0 amide bonds. The molecule has 4 aromatic carbocycles. The van der Waals surface area contributed by atoms with Crippen LogP contribution in [0.2, 0.25) is 0 Å². The van der Waals surface area contributed by atoms with Crippen LogP contribution in [0.1, 0.15) is 84.0 Å². The minimum atomic E-state index is -0.494. The average molecular weight is 723 g/mol. The standard InChI is InChI=1S/C45H54O4S2/c1-7-13-39(41-27-50-41)46-19-21-48-43-29(3)23-33(24-30(43)4)45(37-17-11-9-15-35(37)36-16-10-12-18-38(36)45)34-25-31(5)44(32(6)26-34)49-22-20-47-40(14-8-2)42-28-51-42/h9-12,15-18,23-26,39-42H,7-8,13-14,19-22,27-28H2,1-6H3. The molecule has 2 saturated heterocycles. The highest BCUT2D eigenvalue weighted by molar-refractivity contribution is 8.07. The van der Waals surface area contributed by atoms with Gasteiger partial charge in [0.1, 0.15) is 24.7 Å². The molecule has 2 heterocycles. The van der Waals surface area contributed by atoms with E-state index in [0.29, 0.717) is 49.1 Å². The Morgan fingerprint density at radius 3 is 1.31 bits per heavy atom. The Bertz CT molecular complexity index is 1650. The van der Waals surface area contributed by atoms with Gasteiger partial charge >= 0.3 is 0 Å². The van der Waals surface area contributed by atoms with E-state index in [2.05, 4.69) is 114 Å². The molecule has 4 atom stereocenters. The lowest BCUT2D eigenvalue weighted by molar-refractivity contribution is 0.0336. The molecule has 2 aliphatic heterocycles. The van der Waals surface area contributed by atoms with Crippen molar-refractivity contribution in [1.82, 2.24) is 0 Å². The van der Waals surface area contributed by atoms with Gasteiger partial charge in [0.2, 0.25) is 0 Å². The lowest BCUT2D eigenvalue weighted by Crippen LogP contribution is -2.29. The molecule has 0 saturated carbocycles. The Labute approximate surface area is 314 Å². The molecule has 0 spiro atoms. The van der Waals surface area contributed by atoms with E-state index < -0.39 is 5.41 Å². The second-order valence-corrected chi connectivity index (χ2v) is 17.1. The number of aryl methyl sites for hydroxylation is 4. The maximum absolute atomic E-state index is 6.48. The molecule has 4 aromatic rings. The van der Waals surface area contributed by atoms with Gasteiger partial charge in [0.05, 0.1) is 30.8 Å². The molecule has 4 unspecified atom stereocenters. The predicted octanol–water partition coefficient (Wildman–Crippen LogP) is 10.6. The zero-order valence-corrected chi connectivity index (χ0v) is 32.9. The molecule has 1 aliphatic carbocycles. The smallest absolute Gasteiger partial charge is 0.125 e. The first-order chi connectivity index (χ1) is 24.9. The Hall–Kier alpha value is -2.90. The third-order valence-corrected chi connectivity index (χ3v) is 12.8.